The molecule has 0 unspecified atom stereocenters. The van der Waals surface area contributed by atoms with Gasteiger partial charge in [0.2, 0.25) is 0 Å². The Balaban J connectivity index is 1.79. The molecule has 0 fully saturated rings. The van der Waals surface area contributed by atoms with E-state index in [1.165, 1.54) is 4.90 Å². The van der Waals surface area contributed by atoms with Gasteiger partial charge < -0.3 is 4.74 Å². The molecule has 106 valence electrons. The van der Waals surface area contributed by atoms with Crippen LogP contribution in [0.25, 0.3) is 0 Å². The van der Waals surface area contributed by atoms with Crippen molar-refractivity contribution < 1.29 is 9.53 Å². The Labute approximate surface area is 127 Å². The van der Waals surface area contributed by atoms with Gasteiger partial charge in [-0.2, -0.15) is 0 Å². The number of thioether (sulfide) groups is 1. The number of aryl methyl sites for hydroxylation is 1. The van der Waals surface area contributed by atoms with Gasteiger partial charge in [-0.25, -0.2) is 4.98 Å². The number of hydrogen-bond donors (Lipinski definition) is 0. The largest absolute Gasteiger partial charge is 0.466 e. The normalized spacial score (nSPS) is 10.4. The Morgan fingerprint density at radius 3 is 2.90 bits per heavy atom. The Kier molecular flexibility index (Phi) is 6.08. The molecule has 0 aliphatic carbocycles. The van der Waals surface area contributed by atoms with Crippen LogP contribution in [0.3, 0.4) is 0 Å². The molecule has 1 heterocycles. The molecule has 0 radical (unpaired) electrons. The van der Waals surface area contributed by atoms with Gasteiger partial charge in [-0.3, -0.25) is 4.79 Å². The van der Waals surface area contributed by atoms with E-state index >= 15 is 0 Å². The van der Waals surface area contributed by atoms with Crippen LogP contribution in [-0.4, -0.2) is 17.6 Å². The van der Waals surface area contributed by atoms with Gasteiger partial charge in [0.15, 0.2) is 0 Å². The van der Waals surface area contributed by atoms with E-state index in [-0.39, 0.29) is 5.97 Å². The van der Waals surface area contributed by atoms with Crippen LogP contribution in [0, 0.1) is 0 Å². The zero-order valence-electron chi connectivity index (χ0n) is 11.4. The van der Waals surface area contributed by atoms with Crippen molar-refractivity contribution in [2.45, 2.75) is 30.4 Å². The molecular formula is C15H17NO2S2. The minimum absolute atomic E-state index is 0.152. The summed E-state index contributed by atoms with van der Waals surface area (Å²) in [5.41, 5.74) is 0.978. The van der Waals surface area contributed by atoms with Gasteiger partial charge in [0.05, 0.1) is 24.5 Å². The molecule has 0 aliphatic rings. The van der Waals surface area contributed by atoms with E-state index in [0.29, 0.717) is 19.4 Å². The highest BCUT2D eigenvalue weighted by atomic mass is 32.2. The van der Waals surface area contributed by atoms with Crippen molar-refractivity contribution in [3.8, 4) is 0 Å². The second kappa shape index (κ2) is 8.07. The number of benzene rings is 1. The average Bonchev–Trinajstić information content (AvgIpc) is 2.92. The third-order valence-corrected chi connectivity index (χ3v) is 4.70. The number of thiazole rings is 1. The molecule has 3 nitrogen and oxygen atoms in total. The lowest BCUT2D eigenvalue weighted by molar-refractivity contribution is -0.143. The molecule has 0 aliphatic heterocycles. The summed E-state index contributed by atoms with van der Waals surface area (Å²) in [6.45, 7) is 2.26. The Morgan fingerprint density at radius 2 is 2.15 bits per heavy atom. The lowest BCUT2D eigenvalue weighted by atomic mass is 10.2. The maximum Gasteiger partial charge on any atom is 0.306 e. The maximum absolute atomic E-state index is 11.3. The van der Waals surface area contributed by atoms with Crippen LogP contribution in [0.5, 0.6) is 0 Å². The lowest BCUT2D eigenvalue weighted by Gasteiger charge is -1.99. The summed E-state index contributed by atoms with van der Waals surface area (Å²) in [5.74, 6) is 0.717. The Hall–Kier alpha value is -1.33. The number of carbonyl (C=O) groups is 1. The molecule has 1 aromatic heterocycles. The fourth-order valence-corrected chi connectivity index (χ4v) is 3.42. The van der Waals surface area contributed by atoms with Gasteiger partial charge in [-0.05, 0) is 19.1 Å². The zero-order chi connectivity index (χ0) is 14.2. The van der Waals surface area contributed by atoms with Gasteiger partial charge in [0, 0.05) is 16.7 Å². The third-order valence-electron chi connectivity index (χ3n) is 2.60. The third kappa shape index (κ3) is 4.98. The van der Waals surface area contributed by atoms with Crippen LogP contribution in [0.1, 0.15) is 24.0 Å². The molecule has 0 amide bonds. The van der Waals surface area contributed by atoms with Crippen molar-refractivity contribution in [1.82, 2.24) is 4.98 Å². The second-order valence-corrected chi connectivity index (χ2v) is 6.13. The van der Waals surface area contributed by atoms with E-state index < -0.39 is 0 Å². The first kappa shape index (κ1) is 15.1. The number of carbonyl (C=O) groups excluding carboxylic acids is 1. The lowest BCUT2D eigenvalue weighted by Crippen LogP contribution is -2.05. The summed E-state index contributed by atoms with van der Waals surface area (Å²) in [5, 5.41) is 3.12. The van der Waals surface area contributed by atoms with Crippen LogP contribution in [-0.2, 0) is 21.7 Å². The monoisotopic (exact) mass is 307 g/mol. The summed E-state index contributed by atoms with van der Waals surface area (Å²) in [6, 6.07) is 10.3. The van der Waals surface area contributed by atoms with Crippen molar-refractivity contribution in [2.75, 3.05) is 6.61 Å². The molecule has 0 saturated heterocycles. The van der Waals surface area contributed by atoms with Crippen molar-refractivity contribution in [1.29, 1.82) is 0 Å². The number of nitrogens with zero attached hydrogens (tertiary/aromatic N) is 1. The summed E-state index contributed by atoms with van der Waals surface area (Å²) in [7, 11) is 0. The molecule has 1 aromatic carbocycles. The van der Waals surface area contributed by atoms with Crippen molar-refractivity contribution in [2.24, 2.45) is 0 Å². The van der Waals surface area contributed by atoms with Crippen LogP contribution in [0.15, 0.2) is 40.6 Å². The van der Waals surface area contributed by atoms with Crippen LogP contribution in [0.4, 0.5) is 0 Å². The summed E-state index contributed by atoms with van der Waals surface area (Å²) in [6.07, 6.45) is 1.06. The van der Waals surface area contributed by atoms with Gasteiger partial charge in [0.25, 0.3) is 0 Å². The molecule has 5 heteroatoms. The molecule has 0 bridgehead atoms. The average molecular weight is 307 g/mol. The van der Waals surface area contributed by atoms with Gasteiger partial charge in [-0.15, -0.1) is 23.1 Å². The first-order chi connectivity index (χ1) is 9.78. The van der Waals surface area contributed by atoms with E-state index in [2.05, 4.69) is 17.1 Å². The van der Waals surface area contributed by atoms with E-state index in [1.807, 2.05) is 30.5 Å². The molecule has 2 aromatic rings. The number of esters is 1. The smallest absolute Gasteiger partial charge is 0.306 e. The van der Waals surface area contributed by atoms with Crippen molar-refractivity contribution in [3.05, 3.63) is 46.4 Å². The molecule has 2 rings (SSSR count). The number of hydrogen-bond acceptors (Lipinski definition) is 5. The minimum atomic E-state index is -0.152. The van der Waals surface area contributed by atoms with Crippen LogP contribution >= 0.6 is 23.1 Å². The molecule has 0 atom stereocenters. The van der Waals surface area contributed by atoms with Crippen molar-refractivity contribution in [3.63, 3.8) is 0 Å². The fourth-order valence-electron chi connectivity index (χ4n) is 1.66. The number of ether oxygens (including phenoxy) is 1. The maximum atomic E-state index is 11.3. The predicted octanol–water partition coefficient (Wildman–Crippen LogP) is 3.93. The molecular weight excluding hydrogens is 290 g/mol. The summed E-state index contributed by atoms with van der Waals surface area (Å²) in [4.78, 5) is 17.1. The molecule has 0 N–H and O–H groups in total. The number of rotatable bonds is 7. The molecule has 0 saturated carbocycles. The summed E-state index contributed by atoms with van der Waals surface area (Å²) < 4.78 is 4.91. The molecule has 20 heavy (non-hydrogen) atoms. The SMILES string of the molecule is CCOC(=O)CCc1csc(CSc2ccccc2)n1. The quantitative estimate of drug-likeness (QED) is 0.574. The Bertz CT molecular complexity index is 540. The van der Waals surface area contributed by atoms with Gasteiger partial charge in [0.1, 0.15) is 5.01 Å². The number of aromatic nitrogens is 1. The van der Waals surface area contributed by atoms with E-state index in [1.54, 1.807) is 23.1 Å². The zero-order valence-corrected chi connectivity index (χ0v) is 13.0. The first-order valence-corrected chi connectivity index (χ1v) is 8.41. The highest BCUT2D eigenvalue weighted by molar-refractivity contribution is 7.98. The van der Waals surface area contributed by atoms with Crippen LogP contribution < -0.4 is 0 Å². The highest BCUT2D eigenvalue weighted by Gasteiger charge is 2.06. The van der Waals surface area contributed by atoms with Crippen LogP contribution in [0.2, 0.25) is 0 Å². The Morgan fingerprint density at radius 1 is 1.35 bits per heavy atom. The first-order valence-electron chi connectivity index (χ1n) is 6.54. The fraction of sp³-hybridized carbons (Fsp3) is 0.333. The topological polar surface area (TPSA) is 39.2 Å². The van der Waals surface area contributed by atoms with Gasteiger partial charge >= 0.3 is 5.97 Å². The second-order valence-electron chi connectivity index (χ2n) is 4.14. The van der Waals surface area contributed by atoms with E-state index in [4.69, 9.17) is 4.74 Å². The van der Waals surface area contributed by atoms with E-state index in [9.17, 15) is 4.79 Å². The highest BCUT2D eigenvalue weighted by Crippen LogP contribution is 2.24. The van der Waals surface area contributed by atoms with Gasteiger partial charge in [-0.1, -0.05) is 18.2 Å². The van der Waals surface area contributed by atoms with E-state index in [0.717, 1.165) is 16.5 Å². The molecule has 0 spiro atoms. The van der Waals surface area contributed by atoms with Crippen molar-refractivity contribution >= 4 is 29.1 Å². The standard InChI is InChI=1S/C15H17NO2S2/c1-2-18-15(17)9-8-12-10-20-14(16-12)11-19-13-6-4-3-5-7-13/h3-7,10H,2,8-9,11H2,1H3. The predicted molar refractivity (Wildman–Crippen MR) is 83.1 cm³/mol. The minimum Gasteiger partial charge on any atom is -0.466 e. The summed E-state index contributed by atoms with van der Waals surface area (Å²) >= 11 is 3.43.